The zero-order valence-electron chi connectivity index (χ0n) is 11.2. The normalized spacial score (nSPS) is 17.4. The van der Waals surface area contributed by atoms with Gasteiger partial charge in [-0.25, -0.2) is 0 Å². The maximum Gasteiger partial charge on any atom is 0.387 e. The lowest BCUT2D eigenvalue weighted by molar-refractivity contribution is -0.122. The number of thioether (sulfide) groups is 1. The minimum Gasteiger partial charge on any atom is -0.435 e. The number of nitrogens with one attached hydrogen (secondary N) is 2. The van der Waals surface area contributed by atoms with Gasteiger partial charge in [-0.15, -0.1) is 24.2 Å². The Labute approximate surface area is 132 Å². The molecule has 21 heavy (non-hydrogen) atoms. The zero-order chi connectivity index (χ0) is 14.4. The number of carbonyl (C=O) groups is 1. The van der Waals surface area contributed by atoms with Crippen LogP contribution < -0.4 is 15.4 Å². The number of ether oxygens (including phenoxy) is 1. The van der Waals surface area contributed by atoms with E-state index in [0.29, 0.717) is 13.0 Å². The molecule has 0 bridgehead atoms. The second kappa shape index (κ2) is 9.07. The monoisotopic (exact) mass is 338 g/mol. The number of halogens is 3. The number of rotatable bonds is 6. The summed E-state index contributed by atoms with van der Waals surface area (Å²) in [4.78, 5) is 11.7. The molecule has 4 nitrogen and oxygen atoms in total. The Kier molecular flexibility index (Phi) is 7.77. The van der Waals surface area contributed by atoms with Gasteiger partial charge in [-0.2, -0.15) is 8.78 Å². The van der Waals surface area contributed by atoms with Crippen LogP contribution >= 0.6 is 24.2 Å². The second-order valence-electron chi connectivity index (χ2n) is 4.34. The van der Waals surface area contributed by atoms with Crippen molar-refractivity contribution in [2.75, 3.05) is 18.2 Å². The summed E-state index contributed by atoms with van der Waals surface area (Å²) in [6.07, 6.45) is 0.653. The van der Waals surface area contributed by atoms with E-state index in [1.165, 1.54) is 12.1 Å². The minimum absolute atomic E-state index is 0. The van der Waals surface area contributed by atoms with Gasteiger partial charge in [-0.3, -0.25) is 10.1 Å². The first-order valence-corrected chi connectivity index (χ1v) is 7.43. The molecule has 1 fully saturated rings. The molecule has 0 radical (unpaired) electrons. The summed E-state index contributed by atoms with van der Waals surface area (Å²) in [5.41, 5.74) is 0.959. The smallest absolute Gasteiger partial charge is 0.387 e. The number of alkyl halides is 2. The molecule has 0 spiro atoms. The predicted molar refractivity (Wildman–Crippen MR) is 81.3 cm³/mol. The van der Waals surface area contributed by atoms with E-state index in [0.717, 1.165) is 17.2 Å². The number of hydrogen-bond acceptors (Lipinski definition) is 4. The van der Waals surface area contributed by atoms with Gasteiger partial charge in [0.25, 0.3) is 0 Å². The molecule has 1 aliphatic heterocycles. The Morgan fingerprint density at radius 1 is 1.43 bits per heavy atom. The fraction of sp³-hybridized carbons (Fsp3) is 0.462. The first-order chi connectivity index (χ1) is 9.65. The van der Waals surface area contributed by atoms with Crippen molar-refractivity contribution in [2.24, 2.45) is 0 Å². The van der Waals surface area contributed by atoms with Crippen LogP contribution in [0.15, 0.2) is 24.3 Å². The van der Waals surface area contributed by atoms with Crippen LogP contribution in [0.1, 0.15) is 5.56 Å². The number of amides is 1. The molecule has 1 aromatic carbocycles. The molecule has 2 N–H and O–H groups in total. The number of carbonyl (C=O) groups excluding carboxylic acids is 1. The fourth-order valence-electron chi connectivity index (χ4n) is 1.85. The third-order valence-corrected chi connectivity index (χ3v) is 3.83. The highest BCUT2D eigenvalue weighted by molar-refractivity contribution is 7.99. The Bertz CT molecular complexity index is 442. The summed E-state index contributed by atoms with van der Waals surface area (Å²) in [6, 6.07) is 6.32. The third kappa shape index (κ3) is 6.07. The SMILES string of the molecule is Cl.O=C(NCCc1ccc(OC(F)F)cc1)[C@H]1CSCN1. The molecule has 1 amide bonds. The standard InChI is InChI=1S/C13H16F2N2O2S.ClH/c14-13(15)19-10-3-1-9(2-4-10)5-6-16-12(18)11-7-20-8-17-11;/h1-4,11,13,17H,5-8H2,(H,16,18);1H/t11-;/m1./s1. The molecule has 0 saturated carbocycles. The van der Waals surface area contributed by atoms with Crippen LogP contribution in [0.5, 0.6) is 5.75 Å². The van der Waals surface area contributed by atoms with Crippen LogP contribution in [0.2, 0.25) is 0 Å². The molecular weight excluding hydrogens is 322 g/mol. The first kappa shape index (κ1) is 18.0. The van der Waals surface area contributed by atoms with Crippen molar-refractivity contribution in [2.45, 2.75) is 19.1 Å². The molecule has 1 saturated heterocycles. The summed E-state index contributed by atoms with van der Waals surface area (Å²) in [6.45, 7) is -2.28. The lowest BCUT2D eigenvalue weighted by atomic mass is 10.1. The Hall–Kier alpha value is -1.05. The quantitative estimate of drug-likeness (QED) is 0.833. The highest BCUT2D eigenvalue weighted by Crippen LogP contribution is 2.15. The molecule has 2 rings (SSSR count). The van der Waals surface area contributed by atoms with Crippen LogP contribution in [0.3, 0.4) is 0 Å². The zero-order valence-corrected chi connectivity index (χ0v) is 12.8. The van der Waals surface area contributed by atoms with E-state index in [4.69, 9.17) is 0 Å². The van der Waals surface area contributed by atoms with Crippen molar-refractivity contribution in [3.63, 3.8) is 0 Å². The van der Waals surface area contributed by atoms with Gasteiger partial charge in [0.15, 0.2) is 0 Å². The van der Waals surface area contributed by atoms with Crippen molar-refractivity contribution < 1.29 is 18.3 Å². The summed E-state index contributed by atoms with van der Waals surface area (Å²) >= 11 is 1.70. The van der Waals surface area contributed by atoms with Crippen LogP contribution in [0, 0.1) is 0 Å². The molecule has 1 aromatic rings. The minimum atomic E-state index is -2.81. The Morgan fingerprint density at radius 2 is 2.14 bits per heavy atom. The first-order valence-electron chi connectivity index (χ1n) is 6.28. The summed E-state index contributed by atoms with van der Waals surface area (Å²) in [5.74, 6) is 1.75. The molecule has 1 atom stereocenters. The molecule has 0 aromatic heterocycles. The largest absolute Gasteiger partial charge is 0.435 e. The van der Waals surface area contributed by atoms with Crippen LogP contribution in [-0.4, -0.2) is 36.7 Å². The molecule has 0 unspecified atom stereocenters. The second-order valence-corrected chi connectivity index (χ2v) is 5.37. The van der Waals surface area contributed by atoms with Gasteiger partial charge in [0.2, 0.25) is 5.91 Å². The lowest BCUT2D eigenvalue weighted by Gasteiger charge is -2.10. The van der Waals surface area contributed by atoms with E-state index in [1.807, 2.05) is 0 Å². The van der Waals surface area contributed by atoms with E-state index in [2.05, 4.69) is 15.4 Å². The number of benzene rings is 1. The van der Waals surface area contributed by atoms with Crippen molar-refractivity contribution in [1.82, 2.24) is 10.6 Å². The van der Waals surface area contributed by atoms with Crippen LogP contribution in [0.25, 0.3) is 0 Å². The third-order valence-electron chi connectivity index (χ3n) is 2.89. The van der Waals surface area contributed by atoms with E-state index < -0.39 is 6.61 Å². The van der Waals surface area contributed by atoms with E-state index in [-0.39, 0.29) is 30.1 Å². The maximum atomic E-state index is 12.0. The maximum absolute atomic E-state index is 12.0. The molecule has 0 aliphatic carbocycles. The Morgan fingerprint density at radius 3 is 2.71 bits per heavy atom. The number of hydrogen-bond donors (Lipinski definition) is 2. The lowest BCUT2D eigenvalue weighted by Crippen LogP contribution is -2.42. The average molecular weight is 339 g/mol. The summed E-state index contributed by atoms with van der Waals surface area (Å²) < 4.78 is 28.2. The topological polar surface area (TPSA) is 50.4 Å². The van der Waals surface area contributed by atoms with Crippen molar-refractivity contribution in [3.8, 4) is 5.75 Å². The molecule has 8 heteroatoms. The van der Waals surface area contributed by atoms with Gasteiger partial charge < -0.3 is 10.1 Å². The van der Waals surface area contributed by atoms with Crippen molar-refractivity contribution in [3.05, 3.63) is 29.8 Å². The van der Waals surface area contributed by atoms with Gasteiger partial charge >= 0.3 is 6.61 Å². The fourth-order valence-corrected chi connectivity index (χ4v) is 2.80. The molecular formula is C13H17ClF2N2O2S. The Balaban J connectivity index is 0.00000220. The molecule has 118 valence electrons. The van der Waals surface area contributed by atoms with Gasteiger partial charge in [-0.05, 0) is 24.1 Å². The van der Waals surface area contributed by atoms with Crippen LogP contribution in [-0.2, 0) is 11.2 Å². The predicted octanol–water partition coefficient (Wildman–Crippen LogP) is 2.03. The summed E-state index contributed by atoms with van der Waals surface area (Å²) in [5, 5.41) is 5.95. The van der Waals surface area contributed by atoms with Gasteiger partial charge in [-0.1, -0.05) is 12.1 Å². The van der Waals surface area contributed by atoms with E-state index >= 15 is 0 Å². The van der Waals surface area contributed by atoms with Gasteiger partial charge in [0.1, 0.15) is 5.75 Å². The average Bonchev–Trinajstić information content (AvgIpc) is 2.94. The summed E-state index contributed by atoms with van der Waals surface area (Å²) in [7, 11) is 0. The molecule has 1 aliphatic rings. The van der Waals surface area contributed by atoms with Crippen LogP contribution in [0.4, 0.5) is 8.78 Å². The molecule has 1 heterocycles. The van der Waals surface area contributed by atoms with E-state index in [9.17, 15) is 13.6 Å². The highest BCUT2D eigenvalue weighted by atomic mass is 35.5. The van der Waals surface area contributed by atoms with Crippen molar-refractivity contribution >= 4 is 30.1 Å². The van der Waals surface area contributed by atoms with Crippen molar-refractivity contribution in [1.29, 1.82) is 0 Å². The van der Waals surface area contributed by atoms with E-state index in [1.54, 1.807) is 23.9 Å². The van der Waals surface area contributed by atoms with Gasteiger partial charge in [0, 0.05) is 18.2 Å². The van der Waals surface area contributed by atoms with Gasteiger partial charge in [0.05, 0.1) is 6.04 Å². The highest BCUT2D eigenvalue weighted by Gasteiger charge is 2.21.